The van der Waals surface area contributed by atoms with Gasteiger partial charge in [-0.2, -0.15) is 13.2 Å². The number of piperidine rings is 1. The molecule has 3 aromatic rings. The molecule has 0 amide bonds. The van der Waals surface area contributed by atoms with Gasteiger partial charge in [0.1, 0.15) is 5.82 Å². The zero-order valence-electron chi connectivity index (χ0n) is 18.3. The summed E-state index contributed by atoms with van der Waals surface area (Å²) in [5.74, 6) is 0.615. The highest BCUT2D eigenvalue weighted by Gasteiger charge is 2.30. The second kappa shape index (κ2) is 9.88. The maximum atomic E-state index is 12.8. The number of alkyl halides is 3. The minimum absolute atomic E-state index is 0.540. The van der Waals surface area contributed by atoms with Crippen LogP contribution >= 0.6 is 0 Å². The average Bonchev–Trinajstić information content (AvgIpc) is 3.15. The molecule has 1 aromatic heterocycles. The van der Waals surface area contributed by atoms with E-state index in [9.17, 15) is 13.2 Å². The van der Waals surface area contributed by atoms with E-state index in [2.05, 4.69) is 44.5 Å². The molecule has 0 atom stereocenters. The van der Waals surface area contributed by atoms with Gasteiger partial charge in [0.15, 0.2) is 0 Å². The highest BCUT2D eigenvalue weighted by atomic mass is 19.4. The minimum atomic E-state index is -4.33. The molecular formula is C25H29F3N4. The second-order valence-electron chi connectivity index (χ2n) is 8.47. The fourth-order valence-electron chi connectivity index (χ4n) is 4.18. The minimum Gasteiger partial charge on any atom is -0.342 e. The predicted molar refractivity (Wildman–Crippen MR) is 120 cm³/mol. The van der Waals surface area contributed by atoms with Gasteiger partial charge in [0.05, 0.1) is 11.3 Å². The molecule has 0 radical (unpaired) electrons. The Morgan fingerprint density at radius 2 is 1.72 bits per heavy atom. The first-order chi connectivity index (χ1) is 15.4. The smallest absolute Gasteiger partial charge is 0.342 e. The van der Waals surface area contributed by atoms with Crippen molar-refractivity contribution in [3.8, 4) is 11.4 Å². The average molecular weight is 443 g/mol. The van der Waals surface area contributed by atoms with Crippen LogP contribution in [0, 0.1) is 6.92 Å². The lowest BCUT2D eigenvalue weighted by Crippen LogP contribution is -2.42. The van der Waals surface area contributed by atoms with Crippen molar-refractivity contribution in [2.24, 2.45) is 0 Å². The van der Waals surface area contributed by atoms with E-state index in [4.69, 9.17) is 0 Å². The van der Waals surface area contributed by atoms with Crippen LogP contribution in [0.5, 0.6) is 0 Å². The van der Waals surface area contributed by atoms with E-state index < -0.39 is 11.7 Å². The van der Waals surface area contributed by atoms with Crippen molar-refractivity contribution >= 4 is 0 Å². The summed E-state index contributed by atoms with van der Waals surface area (Å²) in [6.45, 7) is 5.72. The summed E-state index contributed by atoms with van der Waals surface area (Å²) in [5, 5.41) is 3.68. The molecule has 0 aliphatic carbocycles. The molecule has 170 valence electrons. The van der Waals surface area contributed by atoms with Crippen molar-refractivity contribution < 1.29 is 13.2 Å². The first kappa shape index (κ1) is 22.6. The quantitative estimate of drug-likeness (QED) is 0.529. The summed E-state index contributed by atoms with van der Waals surface area (Å²) in [7, 11) is 0. The first-order valence-electron chi connectivity index (χ1n) is 11.1. The molecule has 2 heterocycles. The monoisotopic (exact) mass is 442 g/mol. The third kappa shape index (κ3) is 5.78. The normalized spacial score (nSPS) is 15.9. The van der Waals surface area contributed by atoms with E-state index in [-0.39, 0.29) is 0 Å². The Morgan fingerprint density at radius 1 is 1.03 bits per heavy atom. The first-order valence-corrected chi connectivity index (χ1v) is 11.1. The summed E-state index contributed by atoms with van der Waals surface area (Å²) < 4.78 is 38.4. The standard InChI is InChI=1S/C25H29F3N4/c1-18-23(31-24(30-18)20-7-9-21(10-8-20)25(26,27)28)17-32-15-12-22(13-16-32)29-14-11-19-5-3-2-4-6-19/h2-10,22,29H,11-17H2,1H3,(H,30,31). The Morgan fingerprint density at radius 3 is 2.38 bits per heavy atom. The van der Waals surface area contributed by atoms with Gasteiger partial charge in [0.25, 0.3) is 0 Å². The summed E-state index contributed by atoms with van der Waals surface area (Å²) in [4.78, 5) is 10.3. The van der Waals surface area contributed by atoms with Crippen LogP contribution in [0.1, 0.15) is 35.4 Å². The molecule has 1 aliphatic heterocycles. The molecule has 32 heavy (non-hydrogen) atoms. The Bertz CT molecular complexity index is 988. The zero-order valence-corrected chi connectivity index (χ0v) is 18.3. The molecule has 1 saturated heterocycles. The van der Waals surface area contributed by atoms with Crippen molar-refractivity contribution in [1.29, 1.82) is 0 Å². The number of nitrogens with zero attached hydrogens (tertiary/aromatic N) is 2. The van der Waals surface area contributed by atoms with E-state index in [0.717, 1.165) is 69.0 Å². The lowest BCUT2D eigenvalue weighted by molar-refractivity contribution is -0.137. The summed E-state index contributed by atoms with van der Waals surface area (Å²) in [6, 6.07) is 16.2. The third-order valence-electron chi connectivity index (χ3n) is 6.12. The molecule has 2 N–H and O–H groups in total. The molecule has 0 saturated carbocycles. The molecule has 1 aliphatic rings. The summed E-state index contributed by atoms with van der Waals surface area (Å²) in [5.41, 5.74) is 3.28. The fraction of sp³-hybridized carbons (Fsp3) is 0.400. The van der Waals surface area contributed by atoms with Gasteiger partial charge < -0.3 is 10.3 Å². The maximum Gasteiger partial charge on any atom is 0.416 e. The number of likely N-dealkylation sites (tertiary alicyclic amines) is 1. The number of imidazole rings is 1. The van der Waals surface area contributed by atoms with Crippen molar-refractivity contribution in [1.82, 2.24) is 20.2 Å². The second-order valence-corrected chi connectivity index (χ2v) is 8.47. The number of benzene rings is 2. The van der Waals surface area contributed by atoms with E-state index in [1.165, 1.54) is 17.7 Å². The van der Waals surface area contributed by atoms with Crippen LogP contribution in [0.4, 0.5) is 13.2 Å². The van der Waals surface area contributed by atoms with Gasteiger partial charge in [-0.15, -0.1) is 0 Å². The number of hydrogen-bond acceptors (Lipinski definition) is 3. The molecule has 1 fully saturated rings. The van der Waals surface area contributed by atoms with E-state index >= 15 is 0 Å². The molecule has 4 nitrogen and oxygen atoms in total. The largest absolute Gasteiger partial charge is 0.416 e. The Hall–Kier alpha value is -2.64. The van der Waals surface area contributed by atoms with Gasteiger partial charge >= 0.3 is 6.18 Å². The van der Waals surface area contributed by atoms with Gasteiger partial charge in [-0.3, -0.25) is 4.90 Å². The number of H-pyrrole nitrogens is 1. The van der Waals surface area contributed by atoms with E-state index in [0.29, 0.717) is 17.4 Å². The molecular weight excluding hydrogens is 413 g/mol. The zero-order chi connectivity index (χ0) is 22.6. The van der Waals surface area contributed by atoms with Crippen molar-refractivity contribution in [2.75, 3.05) is 19.6 Å². The van der Waals surface area contributed by atoms with Crippen molar-refractivity contribution in [3.63, 3.8) is 0 Å². The van der Waals surface area contributed by atoms with Gasteiger partial charge in [0.2, 0.25) is 0 Å². The number of aromatic amines is 1. The Kier molecular flexibility index (Phi) is 6.96. The molecule has 0 unspecified atom stereocenters. The van der Waals surface area contributed by atoms with Crippen molar-refractivity contribution in [2.45, 2.75) is 44.9 Å². The molecule has 7 heteroatoms. The third-order valence-corrected chi connectivity index (χ3v) is 6.12. The lowest BCUT2D eigenvalue weighted by Gasteiger charge is -2.32. The van der Waals surface area contributed by atoms with Gasteiger partial charge in [0, 0.05) is 36.9 Å². The fourth-order valence-corrected chi connectivity index (χ4v) is 4.18. The molecule has 4 rings (SSSR count). The number of hydrogen-bond donors (Lipinski definition) is 2. The molecule has 0 spiro atoms. The maximum absolute atomic E-state index is 12.8. The predicted octanol–water partition coefficient (Wildman–Crippen LogP) is 5.20. The van der Waals surface area contributed by atoms with Crippen LogP contribution in [0.3, 0.4) is 0 Å². The van der Waals surface area contributed by atoms with Crippen LogP contribution in [0.25, 0.3) is 11.4 Å². The van der Waals surface area contributed by atoms with Crippen LogP contribution in [0.2, 0.25) is 0 Å². The molecule has 0 bridgehead atoms. The highest BCUT2D eigenvalue weighted by Crippen LogP contribution is 2.30. The lowest BCUT2D eigenvalue weighted by atomic mass is 10.0. The number of nitrogens with one attached hydrogen (secondary N) is 2. The van der Waals surface area contributed by atoms with Crippen molar-refractivity contribution in [3.05, 3.63) is 77.1 Å². The Labute approximate surface area is 186 Å². The van der Waals surface area contributed by atoms with Crippen LogP contribution in [-0.4, -0.2) is 40.5 Å². The highest BCUT2D eigenvalue weighted by molar-refractivity contribution is 5.56. The van der Waals surface area contributed by atoms with E-state index in [1.807, 2.05) is 13.0 Å². The van der Waals surface area contributed by atoms with E-state index in [1.54, 1.807) is 0 Å². The molecule has 2 aromatic carbocycles. The number of rotatable bonds is 7. The number of aryl methyl sites for hydroxylation is 1. The Balaban J connectivity index is 1.27. The van der Waals surface area contributed by atoms with Crippen LogP contribution in [-0.2, 0) is 19.1 Å². The number of aromatic nitrogens is 2. The summed E-state index contributed by atoms with van der Waals surface area (Å²) >= 11 is 0. The number of halogens is 3. The van der Waals surface area contributed by atoms with Gasteiger partial charge in [-0.1, -0.05) is 42.5 Å². The topological polar surface area (TPSA) is 44.0 Å². The van der Waals surface area contributed by atoms with Gasteiger partial charge in [-0.05, 0) is 50.4 Å². The summed E-state index contributed by atoms with van der Waals surface area (Å²) in [6.07, 6.45) is -1.08. The van der Waals surface area contributed by atoms with Crippen LogP contribution in [0.15, 0.2) is 54.6 Å². The SMILES string of the molecule is Cc1[nH]c(-c2ccc(C(F)(F)F)cc2)nc1CN1CCC(NCCc2ccccc2)CC1. The van der Waals surface area contributed by atoms with Gasteiger partial charge in [-0.25, -0.2) is 4.98 Å². The van der Waals surface area contributed by atoms with Crippen LogP contribution < -0.4 is 5.32 Å².